The predicted molar refractivity (Wildman–Crippen MR) is 251 cm³/mol. The van der Waals surface area contributed by atoms with Crippen LogP contribution < -0.4 is 9.80 Å². The van der Waals surface area contributed by atoms with Crippen LogP contribution in [0.2, 0.25) is 0 Å². The van der Waals surface area contributed by atoms with Crippen molar-refractivity contribution in [2.75, 3.05) is 9.80 Å². The lowest BCUT2D eigenvalue weighted by Crippen LogP contribution is -2.30. The van der Waals surface area contributed by atoms with Crippen LogP contribution in [-0.4, -0.2) is 11.8 Å². The zero-order chi connectivity index (χ0) is 39.5. The van der Waals surface area contributed by atoms with E-state index in [-0.39, 0.29) is 11.8 Å². The third-order valence-corrected chi connectivity index (χ3v) is 15.0. The molecule has 0 fully saturated rings. The van der Waals surface area contributed by atoms with E-state index in [1.807, 2.05) is 29.6 Å². The molecule has 1 unspecified atom stereocenters. The SMILES string of the molecule is O=C1C2=C(C=CC(N3c4ccccc4Sc4cc5cc6ccccc6cc5cc43)C=C2)c2cc(N3c4ccccc4Sc4cc5cc6c(cc5cc43)CCC=CC6)ccc21. The molecular weight excluding hydrogens is 769 g/mol. The van der Waals surface area contributed by atoms with Gasteiger partial charge < -0.3 is 9.80 Å². The number of ketones is 1. The van der Waals surface area contributed by atoms with Crippen molar-refractivity contribution >= 4 is 95.6 Å². The van der Waals surface area contributed by atoms with Gasteiger partial charge in [0.05, 0.1) is 28.8 Å². The van der Waals surface area contributed by atoms with Crippen molar-refractivity contribution in [3.63, 3.8) is 0 Å². The van der Waals surface area contributed by atoms with Gasteiger partial charge in [0.2, 0.25) is 0 Å². The number of allylic oxidation sites excluding steroid dienone is 6. The van der Waals surface area contributed by atoms with Crippen LogP contribution in [0.25, 0.3) is 37.9 Å². The summed E-state index contributed by atoms with van der Waals surface area (Å²) in [5, 5.41) is 7.50. The Labute approximate surface area is 357 Å². The molecule has 0 aromatic heterocycles. The highest BCUT2D eigenvalue weighted by Crippen LogP contribution is 2.54. The molecule has 0 radical (unpaired) electrons. The lowest BCUT2D eigenvalue weighted by atomic mass is 9.96. The van der Waals surface area contributed by atoms with Crippen molar-refractivity contribution in [1.82, 2.24) is 0 Å². The molecule has 13 rings (SSSR count). The van der Waals surface area contributed by atoms with Crippen molar-refractivity contribution in [2.45, 2.75) is 44.9 Å². The maximum atomic E-state index is 14.3. The number of carbonyl (C=O) groups excluding carboxylic acids is 1. The Morgan fingerprint density at radius 3 is 1.93 bits per heavy atom. The average molecular weight is 805 g/mol. The van der Waals surface area contributed by atoms with Crippen LogP contribution in [0, 0.1) is 0 Å². The van der Waals surface area contributed by atoms with E-state index in [9.17, 15) is 4.79 Å². The first-order valence-electron chi connectivity index (χ1n) is 20.8. The number of benzene rings is 8. The Bertz CT molecular complexity index is 3350. The van der Waals surface area contributed by atoms with Gasteiger partial charge >= 0.3 is 0 Å². The molecule has 1 atom stereocenters. The second-order valence-electron chi connectivity index (χ2n) is 16.3. The smallest absolute Gasteiger partial charge is 0.194 e. The van der Waals surface area contributed by atoms with Gasteiger partial charge in [0.15, 0.2) is 5.78 Å². The fraction of sp³-hybridized carbons (Fsp3) is 0.0727. The van der Waals surface area contributed by atoms with Gasteiger partial charge in [-0.15, -0.1) is 0 Å². The van der Waals surface area contributed by atoms with Gasteiger partial charge in [-0.3, -0.25) is 4.79 Å². The molecule has 8 aromatic carbocycles. The molecule has 284 valence electrons. The molecule has 60 heavy (non-hydrogen) atoms. The summed E-state index contributed by atoms with van der Waals surface area (Å²) in [6.07, 6.45) is 16.5. The number of carbonyl (C=O) groups is 1. The minimum absolute atomic E-state index is 0.0807. The molecule has 5 heteroatoms. The van der Waals surface area contributed by atoms with Gasteiger partial charge in [-0.1, -0.05) is 121 Å². The van der Waals surface area contributed by atoms with Gasteiger partial charge in [0, 0.05) is 36.4 Å². The fourth-order valence-corrected chi connectivity index (χ4v) is 12.1. The normalized spacial score (nSPS) is 17.2. The Hall–Kier alpha value is -6.53. The summed E-state index contributed by atoms with van der Waals surface area (Å²) < 4.78 is 0. The molecule has 2 aliphatic heterocycles. The van der Waals surface area contributed by atoms with Crippen molar-refractivity contribution in [3.8, 4) is 0 Å². The third-order valence-electron chi connectivity index (χ3n) is 12.8. The van der Waals surface area contributed by atoms with Crippen molar-refractivity contribution in [3.05, 3.63) is 204 Å². The predicted octanol–water partition coefficient (Wildman–Crippen LogP) is 14.9. The maximum Gasteiger partial charge on any atom is 0.194 e. The van der Waals surface area contributed by atoms with E-state index in [0.717, 1.165) is 52.9 Å². The van der Waals surface area contributed by atoms with Crippen molar-refractivity contribution in [1.29, 1.82) is 0 Å². The van der Waals surface area contributed by atoms with E-state index < -0.39 is 0 Å². The summed E-state index contributed by atoms with van der Waals surface area (Å²) in [5.74, 6) is 0.0807. The maximum absolute atomic E-state index is 14.3. The van der Waals surface area contributed by atoms with Gasteiger partial charge in [0.1, 0.15) is 0 Å². The number of aryl methyl sites for hydroxylation is 1. The van der Waals surface area contributed by atoms with Crippen LogP contribution in [0.3, 0.4) is 0 Å². The second kappa shape index (κ2) is 13.2. The van der Waals surface area contributed by atoms with Crippen LogP contribution in [-0.2, 0) is 12.8 Å². The molecule has 3 nitrogen and oxygen atoms in total. The molecule has 8 aromatic rings. The number of anilines is 5. The number of hydrogen-bond donors (Lipinski definition) is 0. The van der Waals surface area contributed by atoms with E-state index in [1.165, 1.54) is 80.1 Å². The number of hydrogen-bond acceptors (Lipinski definition) is 5. The van der Waals surface area contributed by atoms with Crippen LogP contribution in [0.15, 0.2) is 201 Å². The fourth-order valence-electron chi connectivity index (χ4n) is 9.93. The average Bonchev–Trinajstić information content (AvgIpc) is 3.48. The van der Waals surface area contributed by atoms with E-state index >= 15 is 0 Å². The number of para-hydroxylation sites is 2. The van der Waals surface area contributed by atoms with Crippen molar-refractivity contribution < 1.29 is 4.79 Å². The van der Waals surface area contributed by atoms with E-state index in [1.54, 1.807) is 0 Å². The molecular formula is C55H36N2OS2. The van der Waals surface area contributed by atoms with Crippen LogP contribution >= 0.6 is 23.5 Å². The number of Topliss-reactive ketones (excluding diaryl/α,β-unsaturated/α-hetero) is 1. The summed E-state index contributed by atoms with van der Waals surface area (Å²) >= 11 is 3.68. The molecule has 2 heterocycles. The highest BCUT2D eigenvalue weighted by molar-refractivity contribution is 8.00. The highest BCUT2D eigenvalue weighted by Gasteiger charge is 2.34. The molecule has 0 bridgehead atoms. The largest absolute Gasteiger partial charge is 0.329 e. The first-order chi connectivity index (χ1) is 29.6. The van der Waals surface area contributed by atoms with Gasteiger partial charge in [-0.05, 0) is 153 Å². The summed E-state index contributed by atoms with van der Waals surface area (Å²) in [6.45, 7) is 0. The van der Waals surface area contributed by atoms with Crippen molar-refractivity contribution in [2.24, 2.45) is 0 Å². The highest BCUT2D eigenvalue weighted by atomic mass is 32.2. The summed E-state index contributed by atoms with van der Waals surface area (Å²) in [7, 11) is 0. The first-order valence-corrected chi connectivity index (χ1v) is 22.4. The van der Waals surface area contributed by atoms with E-state index in [2.05, 4.69) is 180 Å². The quantitative estimate of drug-likeness (QED) is 0.128. The van der Waals surface area contributed by atoms with Crippen LogP contribution in [0.1, 0.15) is 33.5 Å². The lowest BCUT2D eigenvalue weighted by Gasteiger charge is -2.36. The molecule has 5 aliphatic rings. The topological polar surface area (TPSA) is 23.6 Å². The minimum atomic E-state index is -0.106. The summed E-state index contributed by atoms with van der Waals surface area (Å²) in [6, 6.07) is 51.2. The van der Waals surface area contributed by atoms with E-state index in [0.29, 0.717) is 0 Å². The molecule has 0 N–H and O–H groups in total. The van der Waals surface area contributed by atoms with Gasteiger partial charge in [0.25, 0.3) is 0 Å². The van der Waals surface area contributed by atoms with Crippen LogP contribution in [0.5, 0.6) is 0 Å². The molecule has 0 saturated heterocycles. The summed E-state index contributed by atoms with van der Waals surface area (Å²) in [4.78, 5) is 24.1. The molecule has 0 saturated carbocycles. The summed E-state index contributed by atoms with van der Waals surface area (Å²) in [5.41, 5.74) is 12.1. The Morgan fingerprint density at radius 2 is 1.12 bits per heavy atom. The second-order valence-corrected chi connectivity index (χ2v) is 18.5. The standard InChI is InChI=1S/C55H36N2OS2/c58-55-44-22-19-41(56-47-14-6-8-16-51(47)59-53-30-40-27-36-13-5-4-12-35(36)25-37(40)28-49(53)56)18-21-43(44)46-32-42(20-23-45(46)55)57-48-15-7-9-17-52(48)60-54-31-39-26-34-11-3-1-2-10-33(34)24-38(39)29-50(54)57/h1,3-9,12-32,41H,2,10-11H2. The molecule has 3 aliphatic carbocycles. The van der Waals surface area contributed by atoms with Gasteiger partial charge in [-0.25, -0.2) is 0 Å². The molecule has 0 amide bonds. The Kier molecular flexibility index (Phi) is 7.58. The monoisotopic (exact) mass is 804 g/mol. The first kappa shape index (κ1) is 34.3. The zero-order valence-corrected chi connectivity index (χ0v) is 34.2. The Morgan fingerprint density at radius 1 is 0.483 bits per heavy atom. The number of fused-ring (bicyclic) bond motifs is 10. The zero-order valence-electron chi connectivity index (χ0n) is 32.6. The number of rotatable bonds is 2. The third kappa shape index (κ3) is 5.29. The minimum Gasteiger partial charge on any atom is -0.329 e. The van der Waals surface area contributed by atoms with Crippen LogP contribution in [0.4, 0.5) is 28.4 Å². The lowest BCUT2D eigenvalue weighted by molar-refractivity contribution is 0.104. The molecule has 0 spiro atoms. The van der Waals surface area contributed by atoms with Gasteiger partial charge in [-0.2, -0.15) is 0 Å². The van der Waals surface area contributed by atoms with E-state index in [4.69, 9.17) is 0 Å². The number of nitrogens with zero attached hydrogens (tertiary/aromatic N) is 2. The Balaban J connectivity index is 0.909.